The van der Waals surface area contributed by atoms with Crippen molar-refractivity contribution in [3.63, 3.8) is 0 Å². The molecule has 1 aliphatic rings. The van der Waals surface area contributed by atoms with E-state index in [9.17, 15) is 24.3 Å². The molecule has 204 valence electrons. The average Bonchev–Trinajstić information content (AvgIpc) is 2.85. The summed E-state index contributed by atoms with van der Waals surface area (Å²) in [5.41, 5.74) is 0.929. The van der Waals surface area contributed by atoms with Crippen LogP contribution in [0.25, 0.3) is 0 Å². The number of alkyl carbamates (subject to hydrolysis) is 1. The van der Waals surface area contributed by atoms with E-state index in [2.05, 4.69) is 17.4 Å². The maximum atomic E-state index is 13.2. The summed E-state index contributed by atoms with van der Waals surface area (Å²) in [6, 6.07) is 14.9. The number of aliphatic hydroxyl groups is 1. The number of ketones is 2. The lowest BCUT2D eigenvalue weighted by Gasteiger charge is -2.32. The van der Waals surface area contributed by atoms with Crippen LogP contribution in [-0.2, 0) is 27.3 Å². The largest absolute Gasteiger partial charge is 0.444 e. The number of nitrogens with one attached hydrogen (secondary N) is 1. The number of Topliss-reactive ketones (excluding diaryl/α,β-unsaturated/α-hetero) is 2. The molecule has 0 radical (unpaired) electrons. The van der Waals surface area contributed by atoms with Crippen LogP contribution in [0.2, 0.25) is 0 Å². The van der Waals surface area contributed by atoms with Crippen molar-refractivity contribution in [3.8, 4) is 0 Å². The van der Waals surface area contributed by atoms with Gasteiger partial charge in [0.25, 0.3) is 5.91 Å². The van der Waals surface area contributed by atoms with Gasteiger partial charge in [0, 0.05) is 31.6 Å². The molecular formula is C30H38N2O6. The Bertz CT molecular complexity index is 1180. The van der Waals surface area contributed by atoms with E-state index in [0.29, 0.717) is 36.7 Å². The molecule has 2 aromatic rings. The zero-order valence-electron chi connectivity index (χ0n) is 22.9. The van der Waals surface area contributed by atoms with Crippen molar-refractivity contribution in [2.75, 3.05) is 13.1 Å². The van der Waals surface area contributed by atoms with Gasteiger partial charge in [-0.25, -0.2) is 4.79 Å². The van der Waals surface area contributed by atoms with Crippen LogP contribution in [0.5, 0.6) is 0 Å². The predicted molar refractivity (Wildman–Crippen MR) is 144 cm³/mol. The number of carbonyl (C=O) groups is 4. The van der Waals surface area contributed by atoms with Crippen LogP contribution >= 0.6 is 0 Å². The molecule has 2 N–H and O–H groups in total. The van der Waals surface area contributed by atoms with E-state index in [1.165, 1.54) is 19.4 Å². The van der Waals surface area contributed by atoms with E-state index in [1.54, 1.807) is 24.3 Å². The SMILES string of the molecule is CC(C)(C)OC(=O)NCc1cccc(C2CCN(C(=O)c3cccc(CC(=O)C(=O)C(C)(C)O)c3)CC2)c1. The van der Waals surface area contributed by atoms with E-state index < -0.39 is 28.9 Å². The molecule has 0 atom stereocenters. The highest BCUT2D eigenvalue weighted by Gasteiger charge is 2.30. The van der Waals surface area contributed by atoms with Gasteiger partial charge in [0.1, 0.15) is 11.2 Å². The first kappa shape index (κ1) is 29.0. The van der Waals surface area contributed by atoms with Gasteiger partial charge < -0.3 is 20.1 Å². The molecule has 1 fully saturated rings. The Labute approximate surface area is 224 Å². The first-order valence-corrected chi connectivity index (χ1v) is 13.0. The Morgan fingerprint density at radius 1 is 0.947 bits per heavy atom. The minimum atomic E-state index is -1.72. The zero-order valence-corrected chi connectivity index (χ0v) is 22.9. The van der Waals surface area contributed by atoms with Gasteiger partial charge in [-0.3, -0.25) is 14.4 Å². The summed E-state index contributed by atoms with van der Waals surface area (Å²) in [5, 5.41) is 12.6. The highest BCUT2D eigenvalue weighted by molar-refractivity contribution is 6.40. The predicted octanol–water partition coefficient (Wildman–Crippen LogP) is 4.18. The van der Waals surface area contributed by atoms with Crippen molar-refractivity contribution in [1.29, 1.82) is 0 Å². The van der Waals surface area contributed by atoms with Crippen LogP contribution in [0.4, 0.5) is 4.79 Å². The average molecular weight is 523 g/mol. The maximum absolute atomic E-state index is 13.2. The second-order valence-electron chi connectivity index (χ2n) is 11.4. The summed E-state index contributed by atoms with van der Waals surface area (Å²) in [5.74, 6) is -1.34. The van der Waals surface area contributed by atoms with E-state index in [0.717, 1.165) is 18.4 Å². The molecule has 0 bridgehead atoms. The number of amides is 2. The molecule has 3 rings (SSSR count). The third kappa shape index (κ3) is 8.25. The number of piperidine rings is 1. The lowest BCUT2D eigenvalue weighted by molar-refractivity contribution is -0.145. The van der Waals surface area contributed by atoms with Gasteiger partial charge in [-0.1, -0.05) is 36.4 Å². The summed E-state index contributed by atoms with van der Waals surface area (Å²) in [6.07, 6.45) is 1.01. The normalized spacial score (nSPS) is 14.6. The van der Waals surface area contributed by atoms with Crippen molar-refractivity contribution in [2.45, 2.75) is 77.5 Å². The first-order chi connectivity index (χ1) is 17.7. The van der Waals surface area contributed by atoms with Crippen LogP contribution < -0.4 is 5.32 Å². The molecule has 0 aliphatic carbocycles. The lowest BCUT2D eigenvalue weighted by atomic mass is 9.88. The fraction of sp³-hybridized carbons (Fsp3) is 0.467. The van der Waals surface area contributed by atoms with E-state index in [-0.39, 0.29) is 12.3 Å². The summed E-state index contributed by atoms with van der Waals surface area (Å²) in [4.78, 5) is 51.2. The molecule has 8 heteroatoms. The Kier molecular flexibility index (Phi) is 9.09. The lowest BCUT2D eigenvalue weighted by Crippen LogP contribution is -2.38. The second kappa shape index (κ2) is 11.9. The number of hydrogen-bond donors (Lipinski definition) is 2. The first-order valence-electron chi connectivity index (χ1n) is 13.0. The van der Waals surface area contributed by atoms with Crippen LogP contribution in [-0.4, -0.2) is 57.9 Å². The number of benzene rings is 2. The third-order valence-electron chi connectivity index (χ3n) is 6.39. The molecule has 1 aliphatic heterocycles. The fourth-order valence-corrected chi connectivity index (χ4v) is 4.47. The molecule has 0 saturated carbocycles. The summed E-state index contributed by atoms with van der Waals surface area (Å²) >= 11 is 0. The van der Waals surface area contributed by atoms with Crippen molar-refractivity contribution in [2.24, 2.45) is 0 Å². The van der Waals surface area contributed by atoms with Gasteiger partial charge in [0.2, 0.25) is 11.6 Å². The van der Waals surface area contributed by atoms with Gasteiger partial charge in [-0.2, -0.15) is 0 Å². The van der Waals surface area contributed by atoms with Gasteiger partial charge in [-0.05, 0) is 82.2 Å². The van der Waals surface area contributed by atoms with Crippen LogP contribution in [0.3, 0.4) is 0 Å². The molecule has 38 heavy (non-hydrogen) atoms. The summed E-state index contributed by atoms with van der Waals surface area (Å²) in [6.45, 7) is 9.62. The number of ether oxygens (including phenoxy) is 1. The molecule has 0 unspecified atom stereocenters. The maximum Gasteiger partial charge on any atom is 0.407 e. The molecule has 2 amide bonds. The quantitative estimate of drug-likeness (QED) is 0.503. The standard InChI is InChI=1S/C30H38N2O6/c1-29(2,3)38-28(36)31-19-21-9-7-10-23(17-21)22-12-14-32(15-13-22)27(35)24-11-6-8-20(16-24)18-25(33)26(34)30(4,5)37/h6-11,16-17,22,37H,12-15,18-19H2,1-5H3,(H,31,36). The summed E-state index contributed by atoms with van der Waals surface area (Å²) in [7, 11) is 0. The van der Waals surface area contributed by atoms with Crippen LogP contribution in [0.15, 0.2) is 48.5 Å². The number of rotatable bonds is 8. The smallest absolute Gasteiger partial charge is 0.407 e. The van der Waals surface area contributed by atoms with E-state index >= 15 is 0 Å². The van der Waals surface area contributed by atoms with E-state index in [1.807, 2.05) is 37.8 Å². The summed E-state index contributed by atoms with van der Waals surface area (Å²) < 4.78 is 5.30. The molecular weight excluding hydrogens is 484 g/mol. The van der Waals surface area contributed by atoms with Gasteiger partial charge in [0.15, 0.2) is 0 Å². The highest BCUT2D eigenvalue weighted by Crippen LogP contribution is 2.29. The molecule has 0 aromatic heterocycles. The highest BCUT2D eigenvalue weighted by atomic mass is 16.6. The Morgan fingerprint density at radius 2 is 1.58 bits per heavy atom. The van der Waals surface area contributed by atoms with Crippen molar-refractivity contribution >= 4 is 23.6 Å². The Hall–Kier alpha value is -3.52. The molecule has 2 aromatic carbocycles. The van der Waals surface area contributed by atoms with Crippen LogP contribution in [0, 0.1) is 0 Å². The fourth-order valence-electron chi connectivity index (χ4n) is 4.47. The van der Waals surface area contributed by atoms with Crippen LogP contribution in [0.1, 0.15) is 80.4 Å². The number of likely N-dealkylation sites (tertiary alicyclic amines) is 1. The molecule has 1 saturated heterocycles. The zero-order chi connectivity index (χ0) is 28.1. The van der Waals surface area contributed by atoms with Gasteiger partial charge in [0.05, 0.1) is 0 Å². The second-order valence-corrected chi connectivity index (χ2v) is 11.4. The van der Waals surface area contributed by atoms with Gasteiger partial charge in [-0.15, -0.1) is 0 Å². The molecule has 0 spiro atoms. The molecule has 1 heterocycles. The van der Waals surface area contributed by atoms with Gasteiger partial charge >= 0.3 is 6.09 Å². The number of hydrogen-bond acceptors (Lipinski definition) is 6. The van der Waals surface area contributed by atoms with E-state index in [4.69, 9.17) is 4.74 Å². The third-order valence-corrected chi connectivity index (χ3v) is 6.39. The Morgan fingerprint density at radius 3 is 2.21 bits per heavy atom. The van der Waals surface area contributed by atoms with Crippen molar-refractivity contribution in [1.82, 2.24) is 10.2 Å². The number of carbonyl (C=O) groups excluding carboxylic acids is 4. The van der Waals surface area contributed by atoms with Crippen molar-refractivity contribution in [3.05, 3.63) is 70.8 Å². The minimum Gasteiger partial charge on any atom is -0.444 e. The molecule has 8 nitrogen and oxygen atoms in total. The minimum absolute atomic E-state index is 0.109. The number of nitrogens with zero attached hydrogens (tertiary/aromatic N) is 1. The van der Waals surface area contributed by atoms with Crippen molar-refractivity contribution < 1.29 is 29.0 Å². The topological polar surface area (TPSA) is 113 Å². The Balaban J connectivity index is 1.56. The monoisotopic (exact) mass is 522 g/mol.